The summed E-state index contributed by atoms with van der Waals surface area (Å²) < 4.78 is 0. The number of fused-ring (bicyclic) bond motifs is 1. The van der Waals surface area contributed by atoms with Crippen molar-refractivity contribution in [2.24, 2.45) is 0 Å². The minimum Gasteiger partial charge on any atom is -0.508 e. The number of phenols is 1. The molecule has 0 saturated heterocycles. The predicted octanol–water partition coefficient (Wildman–Crippen LogP) is 4.81. The number of aryl methyl sites for hydroxylation is 1. The van der Waals surface area contributed by atoms with Gasteiger partial charge in [0, 0.05) is 29.6 Å². The van der Waals surface area contributed by atoms with E-state index in [1.807, 2.05) is 25.1 Å². The van der Waals surface area contributed by atoms with Crippen LogP contribution in [-0.2, 0) is 4.79 Å². The van der Waals surface area contributed by atoms with Gasteiger partial charge < -0.3 is 15.7 Å². The van der Waals surface area contributed by atoms with Gasteiger partial charge in [-0.05, 0) is 36.2 Å². The number of hydrogen-bond donors (Lipinski definition) is 3. The smallest absolute Gasteiger partial charge is 0.226 e. The average Bonchev–Trinajstić information content (AvgIpc) is 3.16. The van der Waals surface area contributed by atoms with Crippen LogP contribution in [0, 0.1) is 6.92 Å². The van der Waals surface area contributed by atoms with Gasteiger partial charge in [-0.25, -0.2) is 9.97 Å². The second-order valence-corrected chi connectivity index (χ2v) is 7.50. The van der Waals surface area contributed by atoms with E-state index in [0.717, 1.165) is 32.7 Å². The van der Waals surface area contributed by atoms with Crippen LogP contribution in [0.3, 0.4) is 0 Å². The Hall–Kier alpha value is -3.45. The normalized spacial score (nSPS) is 10.8. The van der Waals surface area contributed by atoms with Crippen LogP contribution in [0.5, 0.6) is 5.75 Å². The molecule has 1 amide bonds. The zero-order chi connectivity index (χ0) is 20.2. The molecule has 0 atom stereocenters. The van der Waals surface area contributed by atoms with E-state index in [1.54, 1.807) is 29.5 Å². The number of nitrogens with zero attached hydrogens (tertiary/aromatic N) is 2. The van der Waals surface area contributed by atoms with E-state index in [2.05, 4.69) is 38.1 Å². The average molecular weight is 404 g/mol. The number of nitrogens with one attached hydrogen (secondary N) is 2. The number of carbonyl (C=O) groups excluding carboxylic acids is 1. The van der Waals surface area contributed by atoms with Crippen LogP contribution < -0.4 is 10.6 Å². The topological polar surface area (TPSA) is 87.1 Å². The van der Waals surface area contributed by atoms with Crippen molar-refractivity contribution in [2.75, 3.05) is 17.2 Å². The summed E-state index contributed by atoms with van der Waals surface area (Å²) in [5.41, 5.74) is 3.70. The molecule has 0 fully saturated rings. The van der Waals surface area contributed by atoms with E-state index in [-0.39, 0.29) is 18.1 Å². The first-order chi connectivity index (χ1) is 14.1. The molecule has 4 aromatic rings. The number of aromatic hydroxyl groups is 1. The second-order valence-electron chi connectivity index (χ2n) is 6.64. The van der Waals surface area contributed by atoms with Crippen molar-refractivity contribution in [3.05, 3.63) is 65.8 Å². The van der Waals surface area contributed by atoms with Crippen molar-refractivity contribution < 1.29 is 9.90 Å². The Balaban J connectivity index is 1.46. The third kappa shape index (κ3) is 4.20. The molecule has 0 saturated carbocycles. The second kappa shape index (κ2) is 8.28. The number of aromatic nitrogens is 2. The Bertz CT molecular complexity index is 1160. The largest absolute Gasteiger partial charge is 0.508 e. The summed E-state index contributed by atoms with van der Waals surface area (Å²) in [6.07, 6.45) is 1.83. The maximum Gasteiger partial charge on any atom is 0.226 e. The van der Waals surface area contributed by atoms with Gasteiger partial charge in [0.05, 0.1) is 5.39 Å². The van der Waals surface area contributed by atoms with Gasteiger partial charge in [0.1, 0.15) is 22.7 Å². The molecule has 0 bridgehead atoms. The molecule has 146 valence electrons. The summed E-state index contributed by atoms with van der Waals surface area (Å²) in [7, 11) is 0. The van der Waals surface area contributed by atoms with Crippen molar-refractivity contribution in [2.45, 2.75) is 13.3 Å². The zero-order valence-electron chi connectivity index (χ0n) is 15.8. The molecule has 2 heterocycles. The standard InChI is InChI=1S/C22H20N4O2S/c1-14-11-16(27)7-8-18(14)26-19(28)9-10-23-21-20-17(15-5-3-2-4-6-15)12-29-22(20)25-13-24-21/h2-8,11-13,27H,9-10H2,1H3,(H,26,28)(H,23,24,25). The van der Waals surface area contributed by atoms with Crippen molar-refractivity contribution in [1.29, 1.82) is 0 Å². The molecule has 6 nitrogen and oxygen atoms in total. The van der Waals surface area contributed by atoms with Gasteiger partial charge >= 0.3 is 0 Å². The maximum absolute atomic E-state index is 12.3. The highest BCUT2D eigenvalue weighted by Gasteiger charge is 2.13. The van der Waals surface area contributed by atoms with E-state index in [9.17, 15) is 9.90 Å². The minimum atomic E-state index is -0.106. The number of thiophene rings is 1. The fourth-order valence-electron chi connectivity index (χ4n) is 3.13. The van der Waals surface area contributed by atoms with E-state index >= 15 is 0 Å². The van der Waals surface area contributed by atoms with Crippen LogP contribution in [0.25, 0.3) is 21.3 Å². The number of rotatable bonds is 6. The number of phenolic OH excluding ortho intramolecular Hbond substituents is 1. The van der Waals surface area contributed by atoms with Gasteiger partial charge in [0.25, 0.3) is 0 Å². The fraction of sp³-hybridized carbons (Fsp3) is 0.136. The molecule has 0 spiro atoms. The van der Waals surface area contributed by atoms with E-state index in [4.69, 9.17) is 0 Å². The predicted molar refractivity (Wildman–Crippen MR) is 117 cm³/mol. The number of hydrogen-bond acceptors (Lipinski definition) is 6. The molecule has 29 heavy (non-hydrogen) atoms. The Morgan fingerprint density at radius 3 is 2.76 bits per heavy atom. The number of benzene rings is 2. The van der Waals surface area contributed by atoms with Crippen LogP contribution in [0.2, 0.25) is 0 Å². The Labute approximate surface area is 172 Å². The van der Waals surface area contributed by atoms with Crippen molar-refractivity contribution >= 4 is 39.0 Å². The summed E-state index contributed by atoms with van der Waals surface area (Å²) in [6.45, 7) is 2.28. The van der Waals surface area contributed by atoms with E-state index in [0.29, 0.717) is 12.2 Å². The van der Waals surface area contributed by atoms with E-state index < -0.39 is 0 Å². The lowest BCUT2D eigenvalue weighted by Gasteiger charge is -2.10. The first-order valence-electron chi connectivity index (χ1n) is 9.23. The lowest BCUT2D eigenvalue weighted by Crippen LogP contribution is -2.17. The van der Waals surface area contributed by atoms with Gasteiger partial charge in [0.2, 0.25) is 5.91 Å². The van der Waals surface area contributed by atoms with Crippen LogP contribution >= 0.6 is 11.3 Å². The molecule has 7 heteroatoms. The first-order valence-corrected chi connectivity index (χ1v) is 10.1. The van der Waals surface area contributed by atoms with Gasteiger partial charge in [-0.3, -0.25) is 4.79 Å². The lowest BCUT2D eigenvalue weighted by molar-refractivity contribution is -0.115. The number of amides is 1. The quantitative estimate of drug-likeness (QED) is 0.401. The molecule has 2 aromatic carbocycles. The van der Waals surface area contributed by atoms with Crippen LogP contribution in [0.4, 0.5) is 11.5 Å². The molecule has 0 aliphatic rings. The van der Waals surface area contributed by atoms with Crippen LogP contribution in [0.1, 0.15) is 12.0 Å². The van der Waals surface area contributed by atoms with Gasteiger partial charge in [0.15, 0.2) is 0 Å². The summed E-state index contributed by atoms with van der Waals surface area (Å²) >= 11 is 1.58. The SMILES string of the molecule is Cc1cc(O)ccc1NC(=O)CCNc1ncnc2scc(-c3ccccc3)c12. The van der Waals surface area contributed by atoms with E-state index in [1.165, 1.54) is 6.33 Å². The van der Waals surface area contributed by atoms with Crippen molar-refractivity contribution in [3.63, 3.8) is 0 Å². The molecule has 0 unspecified atom stereocenters. The van der Waals surface area contributed by atoms with Gasteiger partial charge in [-0.1, -0.05) is 30.3 Å². The molecule has 4 rings (SSSR count). The van der Waals surface area contributed by atoms with Crippen molar-refractivity contribution in [3.8, 4) is 16.9 Å². The molecule has 0 aliphatic carbocycles. The highest BCUT2D eigenvalue weighted by atomic mass is 32.1. The highest BCUT2D eigenvalue weighted by Crippen LogP contribution is 2.36. The summed E-state index contributed by atoms with van der Waals surface area (Å²) in [5, 5.41) is 18.7. The van der Waals surface area contributed by atoms with Gasteiger partial charge in [-0.2, -0.15) is 0 Å². The molecule has 0 radical (unpaired) electrons. The number of carbonyl (C=O) groups is 1. The Kier molecular flexibility index (Phi) is 5.39. The Morgan fingerprint density at radius 1 is 1.14 bits per heavy atom. The third-order valence-electron chi connectivity index (χ3n) is 4.58. The summed E-state index contributed by atoms with van der Waals surface area (Å²) in [4.78, 5) is 22.0. The Morgan fingerprint density at radius 2 is 1.97 bits per heavy atom. The van der Waals surface area contributed by atoms with Gasteiger partial charge in [-0.15, -0.1) is 11.3 Å². The zero-order valence-corrected chi connectivity index (χ0v) is 16.7. The first kappa shape index (κ1) is 18.9. The lowest BCUT2D eigenvalue weighted by atomic mass is 10.1. The molecular formula is C22H20N4O2S. The van der Waals surface area contributed by atoms with Crippen LogP contribution in [0.15, 0.2) is 60.2 Å². The number of anilines is 2. The fourth-order valence-corrected chi connectivity index (χ4v) is 4.05. The molecular weight excluding hydrogens is 384 g/mol. The van der Waals surface area contributed by atoms with Crippen LogP contribution in [-0.4, -0.2) is 27.5 Å². The summed E-state index contributed by atoms with van der Waals surface area (Å²) in [5.74, 6) is 0.800. The monoisotopic (exact) mass is 404 g/mol. The minimum absolute atomic E-state index is 0.106. The molecule has 0 aliphatic heterocycles. The molecule has 3 N–H and O–H groups in total. The maximum atomic E-state index is 12.3. The third-order valence-corrected chi connectivity index (χ3v) is 5.47. The highest BCUT2D eigenvalue weighted by molar-refractivity contribution is 7.17. The molecule has 2 aromatic heterocycles. The summed E-state index contributed by atoms with van der Waals surface area (Å²) in [6, 6.07) is 15.0. The van der Waals surface area contributed by atoms with Crippen molar-refractivity contribution in [1.82, 2.24) is 9.97 Å².